The number of fused-ring (bicyclic) bond motifs is 1. The summed E-state index contributed by atoms with van der Waals surface area (Å²) in [7, 11) is 1.80. The van der Waals surface area contributed by atoms with Gasteiger partial charge in [0, 0.05) is 18.8 Å². The van der Waals surface area contributed by atoms with E-state index < -0.39 is 0 Å². The van der Waals surface area contributed by atoms with Crippen molar-refractivity contribution in [1.29, 1.82) is 0 Å². The number of rotatable bonds is 2. The Morgan fingerprint density at radius 2 is 2.12 bits per heavy atom. The fourth-order valence-corrected chi connectivity index (χ4v) is 1.73. The molecule has 0 bridgehead atoms. The van der Waals surface area contributed by atoms with Crippen LogP contribution >= 0.6 is 0 Å². The minimum atomic E-state index is 0.618. The first-order valence-electron chi connectivity index (χ1n) is 5.31. The Hall–Kier alpha value is -2.43. The number of hydrogen-bond acceptors (Lipinski definition) is 4. The van der Waals surface area contributed by atoms with E-state index in [0.717, 1.165) is 22.3 Å². The highest BCUT2D eigenvalue weighted by atomic mass is 15.1. The van der Waals surface area contributed by atoms with Crippen LogP contribution in [-0.2, 0) is 0 Å². The summed E-state index contributed by atoms with van der Waals surface area (Å²) in [5, 5.41) is 2.93. The maximum Gasteiger partial charge on any atom is 0.222 e. The number of H-pyrrole nitrogens is 1. The zero-order valence-electron chi connectivity index (χ0n) is 9.31. The summed E-state index contributed by atoms with van der Waals surface area (Å²) >= 11 is 0. The molecule has 2 aromatic heterocycles. The van der Waals surface area contributed by atoms with E-state index in [1.807, 2.05) is 24.3 Å². The zero-order valence-corrected chi connectivity index (χ0v) is 9.31. The number of nitrogens with one attached hydrogen (secondary N) is 2. The van der Waals surface area contributed by atoms with Gasteiger partial charge >= 0.3 is 0 Å². The lowest BCUT2D eigenvalue weighted by atomic mass is 10.1. The van der Waals surface area contributed by atoms with Gasteiger partial charge in [-0.25, -0.2) is 15.0 Å². The van der Waals surface area contributed by atoms with Crippen molar-refractivity contribution in [2.75, 3.05) is 12.4 Å². The first-order valence-corrected chi connectivity index (χ1v) is 5.31. The summed E-state index contributed by atoms with van der Waals surface area (Å²) in [6.45, 7) is 0. The molecule has 0 unspecified atom stereocenters. The predicted octanol–water partition coefficient (Wildman–Crippen LogP) is 2.06. The normalized spacial score (nSPS) is 10.6. The topological polar surface area (TPSA) is 66.5 Å². The van der Waals surface area contributed by atoms with E-state index in [-0.39, 0.29) is 0 Å². The van der Waals surface area contributed by atoms with Gasteiger partial charge in [0.1, 0.15) is 0 Å². The lowest BCUT2D eigenvalue weighted by molar-refractivity contribution is 1.15. The molecular weight excluding hydrogens is 214 g/mol. The van der Waals surface area contributed by atoms with Gasteiger partial charge in [-0.15, -0.1) is 0 Å². The number of nitrogens with zero attached hydrogens (tertiary/aromatic N) is 3. The van der Waals surface area contributed by atoms with Crippen molar-refractivity contribution >= 4 is 17.0 Å². The Kier molecular flexibility index (Phi) is 2.22. The van der Waals surface area contributed by atoms with E-state index in [1.54, 1.807) is 19.6 Å². The first kappa shape index (κ1) is 9.77. The van der Waals surface area contributed by atoms with Crippen molar-refractivity contribution in [1.82, 2.24) is 19.9 Å². The van der Waals surface area contributed by atoms with Gasteiger partial charge in [-0.05, 0) is 18.2 Å². The number of aromatic amines is 1. The summed E-state index contributed by atoms with van der Waals surface area (Å²) in [4.78, 5) is 15.8. The molecule has 3 rings (SSSR count). The lowest BCUT2D eigenvalue weighted by Gasteiger charge is -2.03. The Labute approximate surface area is 98.0 Å². The van der Waals surface area contributed by atoms with E-state index in [1.165, 1.54) is 0 Å². The van der Waals surface area contributed by atoms with Crippen LogP contribution in [0.25, 0.3) is 22.3 Å². The largest absolute Gasteiger partial charge is 0.357 e. The van der Waals surface area contributed by atoms with Crippen LogP contribution in [0, 0.1) is 0 Å². The number of benzene rings is 1. The van der Waals surface area contributed by atoms with Gasteiger partial charge in [-0.1, -0.05) is 6.07 Å². The maximum absolute atomic E-state index is 4.40. The molecule has 5 heteroatoms. The molecule has 84 valence electrons. The summed E-state index contributed by atoms with van der Waals surface area (Å²) < 4.78 is 0. The molecule has 0 saturated heterocycles. The molecule has 1 aromatic carbocycles. The minimum absolute atomic E-state index is 0.618. The second-order valence-corrected chi connectivity index (χ2v) is 3.65. The predicted molar refractivity (Wildman–Crippen MR) is 66.7 cm³/mol. The molecule has 0 aliphatic rings. The van der Waals surface area contributed by atoms with E-state index in [4.69, 9.17) is 0 Å². The lowest BCUT2D eigenvalue weighted by Crippen LogP contribution is -1.96. The molecule has 3 aromatic rings. The fraction of sp³-hybridized carbons (Fsp3) is 0.0833. The van der Waals surface area contributed by atoms with Crippen molar-refractivity contribution in [3.8, 4) is 11.3 Å². The Balaban J connectivity index is 2.12. The average Bonchev–Trinajstić information content (AvgIpc) is 2.86. The van der Waals surface area contributed by atoms with Gasteiger partial charge in [0.2, 0.25) is 5.95 Å². The van der Waals surface area contributed by atoms with E-state index in [9.17, 15) is 0 Å². The first-order chi connectivity index (χ1) is 8.36. The van der Waals surface area contributed by atoms with Crippen molar-refractivity contribution < 1.29 is 0 Å². The van der Waals surface area contributed by atoms with E-state index in [0.29, 0.717) is 5.95 Å². The number of anilines is 1. The SMILES string of the molecule is CNc1nccc(-c2ccc3nc[nH]c3c2)n1. The average molecular weight is 225 g/mol. The minimum Gasteiger partial charge on any atom is -0.357 e. The smallest absolute Gasteiger partial charge is 0.222 e. The molecule has 0 radical (unpaired) electrons. The Morgan fingerprint density at radius 1 is 1.18 bits per heavy atom. The van der Waals surface area contributed by atoms with Gasteiger partial charge in [-0.3, -0.25) is 0 Å². The van der Waals surface area contributed by atoms with Crippen molar-refractivity contribution in [2.24, 2.45) is 0 Å². The van der Waals surface area contributed by atoms with Crippen LogP contribution in [0.1, 0.15) is 0 Å². The second kappa shape index (κ2) is 3.86. The molecule has 0 fully saturated rings. The standard InChI is InChI=1S/C12H11N5/c1-13-12-14-5-4-9(17-12)8-2-3-10-11(6-8)16-7-15-10/h2-7H,1H3,(H,15,16)(H,13,14,17). The number of imidazole rings is 1. The van der Waals surface area contributed by atoms with Crippen LogP contribution < -0.4 is 5.32 Å². The summed E-state index contributed by atoms with van der Waals surface area (Å²) in [5.74, 6) is 0.618. The number of hydrogen-bond donors (Lipinski definition) is 2. The van der Waals surface area contributed by atoms with Gasteiger partial charge in [0.05, 0.1) is 23.1 Å². The molecule has 5 nitrogen and oxygen atoms in total. The third-order valence-corrected chi connectivity index (χ3v) is 2.60. The van der Waals surface area contributed by atoms with Crippen LogP contribution in [0.15, 0.2) is 36.8 Å². The quantitative estimate of drug-likeness (QED) is 0.700. The molecule has 0 saturated carbocycles. The molecule has 2 heterocycles. The highest BCUT2D eigenvalue weighted by Crippen LogP contribution is 2.21. The van der Waals surface area contributed by atoms with Crippen LogP contribution in [0.4, 0.5) is 5.95 Å². The van der Waals surface area contributed by atoms with Crippen LogP contribution in [0.3, 0.4) is 0 Å². The molecule has 2 N–H and O–H groups in total. The Morgan fingerprint density at radius 3 is 3.00 bits per heavy atom. The van der Waals surface area contributed by atoms with Crippen LogP contribution in [0.2, 0.25) is 0 Å². The van der Waals surface area contributed by atoms with Gasteiger partial charge < -0.3 is 10.3 Å². The van der Waals surface area contributed by atoms with Crippen LogP contribution in [0.5, 0.6) is 0 Å². The molecule has 0 aliphatic heterocycles. The molecule has 17 heavy (non-hydrogen) atoms. The summed E-state index contributed by atoms with van der Waals surface area (Å²) in [6.07, 6.45) is 3.43. The van der Waals surface area contributed by atoms with Gasteiger partial charge in [0.25, 0.3) is 0 Å². The van der Waals surface area contributed by atoms with Crippen molar-refractivity contribution in [3.63, 3.8) is 0 Å². The fourth-order valence-electron chi connectivity index (χ4n) is 1.73. The zero-order chi connectivity index (χ0) is 11.7. The van der Waals surface area contributed by atoms with Crippen molar-refractivity contribution in [2.45, 2.75) is 0 Å². The number of aromatic nitrogens is 4. The second-order valence-electron chi connectivity index (χ2n) is 3.65. The van der Waals surface area contributed by atoms with E-state index in [2.05, 4.69) is 25.3 Å². The van der Waals surface area contributed by atoms with Gasteiger partial charge in [0.15, 0.2) is 0 Å². The summed E-state index contributed by atoms with van der Waals surface area (Å²) in [5.41, 5.74) is 3.89. The highest BCUT2D eigenvalue weighted by Gasteiger charge is 2.03. The third kappa shape index (κ3) is 1.71. The summed E-state index contributed by atoms with van der Waals surface area (Å²) in [6, 6.07) is 7.90. The maximum atomic E-state index is 4.40. The Bertz CT molecular complexity index is 659. The highest BCUT2D eigenvalue weighted by molar-refractivity contribution is 5.80. The van der Waals surface area contributed by atoms with Crippen molar-refractivity contribution in [3.05, 3.63) is 36.8 Å². The van der Waals surface area contributed by atoms with E-state index >= 15 is 0 Å². The molecule has 0 atom stereocenters. The monoisotopic (exact) mass is 225 g/mol. The molecule has 0 spiro atoms. The molecule has 0 aliphatic carbocycles. The van der Waals surface area contributed by atoms with Crippen LogP contribution in [-0.4, -0.2) is 27.0 Å². The third-order valence-electron chi connectivity index (χ3n) is 2.60. The molecular formula is C12H11N5. The van der Waals surface area contributed by atoms with Gasteiger partial charge in [-0.2, -0.15) is 0 Å². The molecule has 0 amide bonds.